The Balaban J connectivity index is 0.00000141. The van der Waals surface area contributed by atoms with Gasteiger partial charge in [-0.05, 0) is 84.2 Å². The fourth-order valence-electron chi connectivity index (χ4n) is 3.77. The lowest BCUT2D eigenvalue weighted by atomic mass is 9.99. The van der Waals surface area contributed by atoms with Crippen molar-refractivity contribution in [2.45, 2.75) is 86.0 Å². The molecule has 2 unspecified atom stereocenters. The van der Waals surface area contributed by atoms with Crippen LogP contribution in [0.3, 0.4) is 0 Å². The lowest BCUT2D eigenvalue weighted by Crippen LogP contribution is -2.01. The summed E-state index contributed by atoms with van der Waals surface area (Å²) in [6.07, 6.45) is 4.35. The highest BCUT2D eigenvalue weighted by atomic mass is 16.5. The molecule has 0 aliphatic carbocycles. The number of aromatic nitrogens is 3. The van der Waals surface area contributed by atoms with Crippen LogP contribution in [0.25, 0.3) is 0 Å². The molecule has 0 bridgehead atoms. The van der Waals surface area contributed by atoms with E-state index in [1.165, 1.54) is 23.1 Å². The van der Waals surface area contributed by atoms with Gasteiger partial charge in [0, 0.05) is 0 Å². The van der Waals surface area contributed by atoms with E-state index in [0.717, 1.165) is 19.3 Å². The molecule has 0 aliphatic rings. The Labute approximate surface area is 239 Å². The number of nitrogens with zero attached hydrogens (tertiary/aromatic N) is 3. The quantitative estimate of drug-likeness (QED) is 0.188. The number of hydrogen-bond donors (Lipinski definition) is 0. The SMILES string of the molecule is CCC.CCc1ccc(Oc2nc(Oc3ccc(C(C)CC)cc3)nc(Oc3ccc(C(C)CC)cc3)n2)cc1. The Morgan fingerprint density at radius 2 is 0.800 bits per heavy atom. The van der Waals surface area contributed by atoms with Gasteiger partial charge in [0.1, 0.15) is 17.2 Å². The van der Waals surface area contributed by atoms with E-state index in [9.17, 15) is 0 Å². The van der Waals surface area contributed by atoms with E-state index in [1.54, 1.807) is 0 Å². The van der Waals surface area contributed by atoms with Crippen molar-refractivity contribution in [2.24, 2.45) is 0 Å². The average molecular weight is 542 g/mol. The summed E-state index contributed by atoms with van der Waals surface area (Å²) in [6.45, 7) is 15.1. The molecule has 0 radical (unpaired) electrons. The Kier molecular flexibility index (Phi) is 11.9. The van der Waals surface area contributed by atoms with Crippen LogP contribution in [-0.4, -0.2) is 15.0 Å². The summed E-state index contributed by atoms with van der Waals surface area (Å²) in [4.78, 5) is 13.2. The largest absolute Gasteiger partial charge is 0.424 e. The van der Waals surface area contributed by atoms with E-state index >= 15 is 0 Å². The third kappa shape index (κ3) is 9.08. The molecular formula is C34H43N3O3. The third-order valence-electron chi connectivity index (χ3n) is 6.66. The van der Waals surface area contributed by atoms with E-state index in [2.05, 4.69) is 87.7 Å². The van der Waals surface area contributed by atoms with Crippen molar-refractivity contribution in [1.82, 2.24) is 15.0 Å². The van der Waals surface area contributed by atoms with Gasteiger partial charge in [0.15, 0.2) is 0 Å². The standard InChI is InChI=1S/C31H35N3O3.C3H8/c1-6-21(4)24-11-17-27(18-12-24)36-30-32-29(35-26-15-9-23(8-3)10-16-26)33-31(34-30)37-28-19-13-25(14-20-28)22(5)7-2;1-3-2/h9-22H,6-8H2,1-5H3;3H2,1-2H3. The lowest BCUT2D eigenvalue weighted by molar-refractivity contribution is 0.362. The predicted molar refractivity (Wildman–Crippen MR) is 162 cm³/mol. The van der Waals surface area contributed by atoms with Crippen LogP contribution in [0, 0.1) is 0 Å². The maximum atomic E-state index is 5.98. The molecule has 4 rings (SSSR count). The maximum Gasteiger partial charge on any atom is 0.331 e. The van der Waals surface area contributed by atoms with Crippen molar-refractivity contribution in [3.8, 4) is 35.3 Å². The first kappa shape index (κ1) is 30.6. The molecule has 4 aromatic rings. The van der Waals surface area contributed by atoms with Gasteiger partial charge in [-0.2, -0.15) is 0 Å². The molecule has 1 heterocycles. The maximum absolute atomic E-state index is 5.98. The Morgan fingerprint density at radius 1 is 0.500 bits per heavy atom. The van der Waals surface area contributed by atoms with E-state index in [0.29, 0.717) is 29.1 Å². The van der Waals surface area contributed by atoms with Crippen molar-refractivity contribution in [3.63, 3.8) is 0 Å². The Bertz CT molecular complexity index is 1220. The van der Waals surface area contributed by atoms with Crippen LogP contribution in [0.15, 0.2) is 72.8 Å². The van der Waals surface area contributed by atoms with Crippen LogP contribution in [0.4, 0.5) is 0 Å². The van der Waals surface area contributed by atoms with Gasteiger partial charge < -0.3 is 14.2 Å². The van der Waals surface area contributed by atoms with Gasteiger partial charge in [-0.15, -0.1) is 15.0 Å². The van der Waals surface area contributed by atoms with Crippen molar-refractivity contribution in [3.05, 3.63) is 89.5 Å². The summed E-state index contributed by atoms with van der Waals surface area (Å²) in [5, 5.41) is 0. The minimum Gasteiger partial charge on any atom is -0.424 e. The van der Waals surface area contributed by atoms with Crippen LogP contribution < -0.4 is 14.2 Å². The van der Waals surface area contributed by atoms with Gasteiger partial charge in [-0.3, -0.25) is 0 Å². The van der Waals surface area contributed by atoms with Crippen molar-refractivity contribution < 1.29 is 14.2 Å². The number of benzene rings is 3. The van der Waals surface area contributed by atoms with Crippen LogP contribution in [0.1, 0.15) is 96.3 Å². The summed E-state index contributed by atoms with van der Waals surface area (Å²) < 4.78 is 17.9. The van der Waals surface area contributed by atoms with E-state index < -0.39 is 0 Å². The number of rotatable bonds is 11. The summed E-state index contributed by atoms with van der Waals surface area (Å²) >= 11 is 0. The Hall–Kier alpha value is -3.93. The first-order chi connectivity index (χ1) is 19.4. The molecule has 2 atom stereocenters. The first-order valence-electron chi connectivity index (χ1n) is 14.5. The van der Waals surface area contributed by atoms with Crippen molar-refractivity contribution in [1.29, 1.82) is 0 Å². The number of ether oxygens (including phenoxy) is 3. The fourth-order valence-corrected chi connectivity index (χ4v) is 3.77. The molecule has 0 amide bonds. The predicted octanol–water partition coefficient (Wildman–Crippen LogP) is 10.3. The summed E-state index contributed by atoms with van der Waals surface area (Å²) in [7, 11) is 0. The minimum absolute atomic E-state index is 0.0942. The molecule has 0 spiro atoms. The molecule has 0 saturated carbocycles. The molecule has 0 aliphatic heterocycles. The summed E-state index contributed by atoms with van der Waals surface area (Å²) in [6, 6.07) is 24.0. The van der Waals surface area contributed by atoms with Gasteiger partial charge >= 0.3 is 18.0 Å². The van der Waals surface area contributed by atoms with E-state index in [1.807, 2.05) is 48.5 Å². The van der Waals surface area contributed by atoms with E-state index in [4.69, 9.17) is 14.2 Å². The third-order valence-corrected chi connectivity index (χ3v) is 6.66. The molecular weight excluding hydrogens is 498 g/mol. The van der Waals surface area contributed by atoms with E-state index in [-0.39, 0.29) is 18.0 Å². The monoisotopic (exact) mass is 541 g/mol. The summed E-state index contributed by atoms with van der Waals surface area (Å²) in [5.41, 5.74) is 3.74. The van der Waals surface area contributed by atoms with Gasteiger partial charge in [-0.1, -0.05) is 91.3 Å². The number of hydrogen-bond acceptors (Lipinski definition) is 6. The minimum atomic E-state index is 0.0942. The lowest BCUT2D eigenvalue weighted by Gasteiger charge is -2.12. The van der Waals surface area contributed by atoms with Gasteiger partial charge in [-0.25, -0.2) is 0 Å². The second-order valence-electron chi connectivity index (χ2n) is 9.95. The molecule has 40 heavy (non-hydrogen) atoms. The highest BCUT2D eigenvalue weighted by Crippen LogP contribution is 2.29. The van der Waals surface area contributed by atoms with Crippen LogP contribution in [0.2, 0.25) is 0 Å². The highest BCUT2D eigenvalue weighted by molar-refractivity contribution is 5.34. The fraction of sp³-hybridized carbons (Fsp3) is 0.382. The molecule has 6 heteroatoms. The second kappa shape index (κ2) is 15.6. The van der Waals surface area contributed by atoms with Gasteiger partial charge in [0.2, 0.25) is 0 Å². The molecule has 3 aromatic carbocycles. The zero-order chi connectivity index (χ0) is 28.9. The van der Waals surface area contributed by atoms with Crippen LogP contribution in [0.5, 0.6) is 35.3 Å². The van der Waals surface area contributed by atoms with Gasteiger partial charge in [0.05, 0.1) is 0 Å². The number of aryl methyl sites for hydroxylation is 1. The van der Waals surface area contributed by atoms with Crippen LogP contribution in [-0.2, 0) is 6.42 Å². The molecule has 0 fully saturated rings. The second-order valence-corrected chi connectivity index (χ2v) is 9.95. The highest BCUT2D eigenvalue weighted by Gasteiger charge is 2.14. The zero-order valence-electron chi connectivity index (χ0n) is 25.0. The molecule has 0 saturated heterocycles. The first-order valence-corrected chi connectivity index (χ1v) is 14.5. The summed E-state index contributed by atoms with van der Waals surface area (Å²) in [5.74, 6) is 2.84. The topological polar surface area (TPSA) is 66.4 Å². The van der Waals surface area contributed by atoms with Crippen molar-refractivity contribution in [2.75, 3.05) is 0 Å². The van der Waals surface area contributed by atoms with Gasteiger partial charge in [0.25, 0.3) is 0 Å². The molecule has 0 N–H and O–H groups in total. The van der Waals surface area contributed by atoms with Crippen molar-refractivity contribution >= 4 is 0 Å². The normalized spacial score (nSPS) is 12.1. The molecule has 1 aromatic heterocycles. The molecule has 212 valence electrons. The van der Waals surface area contributed by atoms with Crippen LogP contribution >= 0.6 is 0 Å². The molecule has 6 nitrogen and oxygen atoms in total. The smallest absolute Gasteiger partial charge is 0.331 e. The Morgan fingerprint density at radius 3 is 1.07 bits per heavy atom. The zero-order valence-corrected chi connectivity index (χ0v) is 25.0. The average Bonchev–Trinajstić information content (AvgIpc) is 2.98.